The monoisotopic (exact) mass is 452 g/mol. The summed E-state index contributed by atoms with van der Waals surface area (Å²) in [4.78, 5) is 0. The summed E-state index contributed by atoms with van der Waals surface area (Å²) in [5.41, 5.74) is 0. The van der Waals surface area contributed by atoms with Crippen LogP contribution in [0.25, 0.3) is 0 Å². The standard InChI is InChI=1S/C33H56/c1-3-5-7-9-11-13-15-17-19-21-23-25-27-29-31-33-32-30-28-26-24-22-20-18-16-14-12-10-8-6-4-2/h3,5-8,10,12,28,30,32-33H,1,4,9,11,13-27,29,31H2,2H3/b7-5+,8-6+,12-10+,30-28+,33-32+. The second kappa shape index (κ2) is 30.4. The van der Waals surface area contributed by atoms with Gasteiger partial charge >= 0.3 is 0 Å². The average molecular weight is 453 g/mol. The Morgan fingerprint density at radius 3 is 0.939 bits per heavy atom. The first kappa shape index (κ1) is 31.4. The highest BCUT2D eigenvalue weighted by Gasteiger charge is 1.93. The molecule has 0 heteroatoms. The summed E-state index contributed by atoms with van der Waals surface area (Å²) in [7, 11) is 0. The van der Waals surface area contributed by atoms with Gasteiger partial charge in [-0.3, -0.25) is 0 Å². The number of unbranched alkanes of at least 4 members (excludes halogenated alkanes) is 17. The number of rotatable bonds is 25. The smallest absolute Gasteiger partial charge is 0.0348 e. The van der Waals surface area contributed by atoms with E-state index in [0.717, 1.165) is 6.42 Å². The highest BCUT2D eigenvalue weighted by Crippen LogP contribution is 2.12. The Morgan fingerprint density at radius 1 is 0.364 bits per heavy atom. The van der Waals surface area contributed by atoms with Crippen LogP contribution in [0.5, 0.6) is 0 Å². The Bertz CT molecular complexity index is 514. The Morgan fingerprint density at radius 2 is 0.636 bits per heavy atom. The minimum atomic E-state index is 1.13. The van der Waals surface area contributed by atoms with Crippen molar-refractivity contribution in [3.8, 4) is 0 Å². The summed E-state index contributed by atoms with van der Waals surface area (Å²) in [5.74, 6) is 0. The van der Waals surface area contributed by atoms with Crippen LogP contribution in [0.4, 0.5) is 0 Å². The van der Waals surface area contributed by atoms with Gasteiger partial charge in [-0.1, -0.05) is 151 Å². The van der Waals surface area contributed by atoms with E-state index in [1.807, 2.05) is 6.08 Å². The molecule has 0 aliphatic rings. The van der Waals surface area contributed by atoms with E-state index in [1.165, 1.54) is 122 Å². The zero-order valence-corrected chi connectivity index (χ0v) is 22.2. The van der Waals surface area contributed by atoms with Crippen molar-refractivity contribution in [1.29, 1.82) is 0 Å². The fraction of sp³-hybridized carbons (Fsp3) is 0.636. The predicted molar refractivity (Wildman–Crippen MR) is 154 cm³/mol. The van der Waals surface area contributed by atoms with E-state index in [-0.39, 0.29) is 0 Å². The molecule has 0 rings (SSSR count). The SMILES string of the molecule is C=C/C=C/CCCCCCCCCCCC/C=C/C=C/CCCCCCC/C=C/C=C/CC. The average Bonchev–Trinajstić information content (AvgIpc) is 2.83. The van der Waals surface area contributed by atoms with Gasteiger partial charge in [-0.25, -0.2) is 0 Å². The van der Waals surface area contributed by atoms with Crippen LogP contribution in [-0.2, 0) is 0 Å². The third-order valence-electron chi connectivity index (χ3n) is 6.01. The molecular formula is C33H56. The van der Waals surface area contributed by atoms with E-state index in [2.05, 4.69) is 74.3 Å². The van der Waals surface area contributed by atoms with Gasteiger partial charge in [0.25, 0.3) is 0 Å². The quantitative estimate of drug-likeness (QED) is 0.0954. The minimum Gasteiger partial charge on any atom is -0.0991 e. The Kier molecular flexibility index (Phi) is 29.0. The first-order valence-corrected chi connectivity index (χ1v) is 14.3. The number of allylic oxidation sites excluding steroid dienone is 11. The van der Waals surface area contributed by atoms with Crippen molar-refractivity contribution in [2.45, 2.75) is 135 Å². The van der Waals surface area contributed by atoms with Crippen molar-refractivity contribution < 1.29 is 0 Å². The summed E-state index contributed by atoms with van der Waals surface area (Å²) in [6.07, 6.45) is 51.1. The van der Waals surface area contributed by atoms with Crippen molar-refractivity contribution in [3.05, 3.63) is 73.4 Å². The first-order chi connectivity index (χ1) is 16.4. The molecule has 0 aliphatic carbocycles. The molecule has 0 aromatic heterocycles. The lowest BCUT2D eigenvalue weighted by Crippen LogP contribution is -1.82. The molecule has 188 valence electrons. The highest BCUT2D eigenvalue weighted by molar-refractivity contribution is 5.02. The molecule has 0 saturated heterocycles. The first-order valence-electron chi connectivity index (χ1n) is 14.3. The summed E-state index contributed by atoms with van der Waals surface area (Å²) in [5, 5.41) is 0. The van der Waals surface area contributed by atoms with Crippen LogP contribution in [-0.4, -0.2) is 0 Å². The molecule has 0 spiro atoms. The Labute approximate surface area is 208 Å². The number of hydrogen-bond donors (Lipinski definition) is 0. The lowest BCUT2D eigenvalue weighted by molar-refractivity contribution is 0.553. The Balaban J connectivity index is 3.22. The fourth-order valence-corrected chi connectivity index (χ4v) is 3.92. The van der Waals surface area contributed by atoms with Gasteiger partial charge in [-0.2, -0.15) is 0 Å². The summed E-state index contributed by atoms with van der Waals surface area (Å²) >= 11 is 0. The van der Waals surface area contributed by atoms with E-state index in [0.29, 0.717) is 0 Å². The summed E-state index contributed by atoms with van der Waals surface area (Å²) in [6, 6.07) is 0. The van der Waals surface area contributed by atoms with Crippen LogP contribution < -0.4 is 0 Å². The fourth-order valence-electron chi connectivity index (χ4n) is 3.92. The van der Waals surface area contributed by atoms with Gasteiger partial charge < -0.3 is 0 Å². The van der Waals surface area contributed by atoms with E-state index < -0.39 is 0 Å². The van der Waals surface area contributed by atoms with Gasteiger partial charge in [0, 0.05) is 0 Å². The van der Waals surface area contributed by atoms with Crippen LogP contribution in [0.2, 0.25) is 0 Å². The molecule has 0 saturated carbocycles. The zero-order chi connectivity index (χ0) is 23.9. The number of hydrogen-bond acceptors (Lipinski definition) is 0. The van der Waals surface area contributed by atoms with Gasteiger partial charge in [0.2, 0.25) is 0 Å². The van der Waals surface area contributed by atoms with E-state index in [9.17, 15) is 0 Å². The van der Waals surface area contributed by atoms with Gasteiger partial charge in [-0.05, 0) is 57.8 Å². The van der Waals surface area contributed by atoms with E-state index in [1.54, 1.807) is 0 Å². The van der Waals surface area contributed by atoms with Crippen LogP contribution in [0, 0.1) is 0 Å². The lowest BCUT2D eigenvalue weighted by Gasteiger charge is -2.01. The van der Waals surface area contributed by atoms with Crippen LogP contribution in [0.3, 0.4) is 0 Å². The molecule has 0 aliphatic heterocycles. The molecule has 0 aromatic rings. The summed E-state index contributed by atoms with van der Waals surface area (Å²) < 4.78 is 0. The van der Waals surface area contributed by atoms with Crippen LogP contribution in [0.1, 0.15) is 135 Å². The summed E-state index contributed by atoms with van der Waals surface area (Å²) in [6.45, 7) is 5.88. The second-order valence-corrected chi connectivity index (χ2v) is 9.24. The third kappa shape index (κ3) is 30.4. The van der Waals surface area contributed by atoms with E-state index >= 15 is 0 Å². The maximum absolute atomic E-state index is 3.70. The minimum absolute atomic E-state index is 1.13. The maximum atomic E-state index is 3.70. The Hall–Kier alpha value is -1.56. The lowest BCUT2D eigenvalue weighted by atomic mass is 10.0. The van der Waals surface area contributed by atoms with Crippen molar-refractivity contribution in [3.63, 3.8) is 0 Å². The largest absolute Gasteiger partial charge is 0.0991 e. The van der Waals surface area contributed by atoms with Gasteiger partial charge in [0.1, 0.15) is 0 Å². The maximum Gasteiger partial charge on any atom is -0.0348 e. The molecule has 33 heavy (non-hydrogen) atoms. The molecule has 0 aromatic carbocycles. The van der Waals surface area contributed by atoms with Gasteiger partial charge in [-0.15, -0.1) is 0 Å². The molecule has 0 nitrogen and oxygen atoms in total. The zero-order valence-electron chi connectivity index (χ0n) is 22.2. The third-order valence-corrected chi connectivity index (χ3v) is 6.01. The van der Waals surface area contributed by atoms with Crippen molar-refractivity contribution in [1.82, 2.24) is 0 Å². The molecule has 0 unspecified atom stereocenters. The second-order valence-electron chi connectivity index (χ2n) is 9.24. The topological polar surface area (TPSA) is 0 Å². The molecule has 0 N–H and O–H groups in total. The normalized spacial score (nSPS) is 12.5. The molecule has 0 bridgehead atoms. The highest BCUT2D eigenvalue weighted by atomic mass is 14.0. The molecule has 0 radical (unpaired) electrons. The molecule has 0 heterocycles. The predicted octanol–water partition coefficient (Wildman–Crippen LogP) is 11.8. The van der Waals surface area contributed by atoms with Crippen LogP contribution >= 0.6 is 0 Å². The van der Waals surface area contributed by atoms with Crippen molar-refractivity contribution >= 4 is 0 Å². The van der Waals surface area contributed by atoms with Gasteiger partial charge in [0.05, 0.1) is 0 Å². The molecule has 0 amide bonds. The molecular weight excluding hydrogens is 396 g/mol. The molecule has 0 atom stereocenters. The van der Waals surface area contributed by atoms with E-state index in [4.69, 9.17) is 0 Å². The van der Waals surface area contributed by atoms with Crippen LogP contribution in [0.15, 0.2) is 73.4 Å². The van der Waals surface area contributed by atoms with Gasteiger partial charge in [0.15, 0.2) is 0 Å². The molecule has 0 fully saturated rings. The van der Waals surface area contributed by atoms with Crippen molar-refractivity contribution in [2.24, 2.45) is 0 Å². The van der Waals surface area contributed by atoms with Crippen molar-refractivity contribution in [2.75, 3.05) is 0 Å².